The van der Waals surface area contributed by atoms with Gasteiger partial charge in [-0.3, -0.25) is 0 Å². The predicted molar refractivity (Wildman–Crippen MR) is 66.5 cm³/mol. The second-order valence-corrected chi connectivity index (χ2v) is 4.95. The van der Waals surface area contributed by atoms with E-state index in [1.165, 1.54) is 43.4 Å². The highest BCUT2D eigenvalue weighted by Gasteiger charge is 2.23. The van der Waals surface area contributed by atoms with Gasteiger partial charge in [0.2, 0.25) is 0 Å². The van der Waals surface area contributed by atoms with Crippen molar-refractivity contribution in [2.75, 3.05) is 0 Å². The third kappa shape index (κ3) is 2.67. The Labute approximate surface area is 98.4 Å². The molecular weight excluding hydrogens is 198 g/mol. The average Bonchev–Trinajstić information content (AvgIpc) is 2.75. The van der Waals surface area contributed by atoms with Gasteiger partial charge in [-0.15, -0.1) is 0 Å². The number of hydrogen-bond acceptors (Lipinski definition) is 2. The highest BCUT2D eigenvalue weighted by atomic mass is 16.3. The summed E-state index contributed by atoms with van der Waals surface area (Å²) in [6.45, 7) is 4.55. The topological polar surface area (TPSA) is 25.2 Å². The van der Waals surface area contributed by atoms with Crippen LogP contribution in [0.3, 0.4) is 0 Å². The minimum Gasteiger partial charge on any atom is -0.469 e. The number of rotatable bonds is 5. The molecule has 0 saturated heterocycles. The van der Waals surface area contributed by atoms with Crippen LogP contribution < -0.4 is 5.32 Å². The molecule has 0 aliphatic heterocycles. The van der Waals surface area contributed by atoms with Crippen LogP contribution in [0.15, 0.2) is 16.7 Å². The molecule has 1 aliphatic carbocycles. The zero-order valence-electron chi connectivity index (χ0n) is 10.5. The summed E-state index contributed by atoms with van der Waals surface area (Å²) < 4.78 is 5.51. The standard InChI is InChI=1S/C14H23NO/c1-3-4-6-11(2)15-13-7-5-8-14-12(13)9-10-16-14/h9-11,13,15H,3-8H2,1-2H3. The molecule has 0 amide bonds. The first-order valence-corrected chi connectivity index (χ1v) is 6.63. The van der Waals surface area contributed by atoms with E-state index in [0.717, 1.165) is 6.42 Å². The van der Waals surface area contributed by atoms with Crippen molar-refractivity contribution in [2.24, 2.45) is 0 Å². The van der Waals surface area contributed by atoms with E-state index in [1.54, 1.807) is 0 Å². The van der Waals surface area contributed by atoms with Gasteiger partial charge in [0.15, 0.2) is 0 Å². The molecular formula is C14H23NO. The number of hydrogen-bond donors (Lipinski definition) is 1. The molecule has 0 spiro atoms. The molecule has 1 aromatic heterocycles. The maximum atomic E-state index is 5.51. The highest BCUT2D eigenvalue weighted by Crippen LogP contribution is 2.30. The molecule has 16 heavy (non-hydrogen) atoms. The molecule has 0 bridgehead atoms. The lowest BCUT2D eigenvalue weighted by molar-refractivity contribution is 0.369. The van der Waals surface area contributed by atoms with E-state index in [-0.39, 0.29) is 0 Å². The molecule has 90 valence electrons. The van der Waals surface area contributed by atoms with E-state index in [1.807, 2.05) is 6.26 Å². The number of aryl methyl sites for hydroxylation is 1. The molecule has 2 heteroatoms. The third-order valence-electron chi connectivity index (χ3n) is 3.53. The van der Waals surface area contributed by atoms with Gasteiger partial charge in [-0.2, -0.15) is 0 Å². The van der Waals surface area contributed by atoms with E-state index in [9.17, 15) is 0 Å². The van der Waals surface area contributed by atoms with Crippen molar-refractivity contribution >= 4 is 0 Å². The van der Waals surface area contributed by atoms with E-state index >= 15 is 0 Å². The molecule has 2 unspecified atom stereocenters. The molecule has 2 atom stereocenters. The predicted octanol–water partition coefficient (Wildman–Crippen LogP) is 3.83. The van der Waals surface area contributed by atoms with Crippen LogP contribution in [-0.4, -0.2) is 6.04 Å². The second kappa shape index (κ2) is 5.53. The van der Waals surface area contributed by atoms with E-state index < -0.39 is 0 Å². The van der Waals surface area contributed by atoms with Crippen molar-refractivity contribution in [3.05, 3.63) is 23.7 Å². The molecule has 0 radical (unpaired) electrons. The minimum atomic E-state index is 0.523. The van der Waals surface area contributed by atoms with Crippen molar-refractivity contribution in [1.29, 1.82) is 0 Å². The lowest BCUT2D eigenvalue weighted by Gasteiger charge is -2.26. The monoisotopic (exact) mass is 221 g/mol. The van der Waals surface area contributed by atoms with E-state index in [4.69, 9.17) is 4.42 Å². The maximum Gasteiger partial charge on any atom is 0.108 e. The summed E-state index contributed by atoms with van der Waals surface area (Å²) in [7, 11) is 0. The fourth-order valence-electron chi connectivity index (χ4n) is 2.60. The van der Waals surface area contributed by atoms with Gasteiger partial charge in [0.1, 0.15) is 5.76 Å². The summed E-state index contributed by atoms with van der Waals surface area (Å²) in [4.78, 5) is 0. The lowest BCUT2D eigenvalue weighted by atomic mass is 9.92. The van der Waals surface area contributed by atoms with Crippen molar-refractivity contribution in [1.82, 2.24) is 5.32 Å². The van der Waals surface area contributed by atoms with E-state index in [0.29, 0.717) is 12.1 Å². The fourth-order valence-corrected chi connectivity index (χ4v) is 2.60. The van der Waals surface area contributed by atoms with Crippen molar-refractivity contribution < 1.29 is 4.42 Å². The van der Waals surface area contributed by atoms with Gasteiger partial charge in [-0.25, -0.2) is 0 Å². The van der Waals surface area contributed by atoms with Crippen LogP contribution in [0.2, 0.25) is 0 Å². The zero-order valence-corrected chi connectivity index (χ0v) is 10.5. The van der Waals surface area contributed by atoms with Crippen molar-refractivity contribution in [3.63, 3.8) is 0 Å². The van der Waals surface area contributed by atoms with Crippen molar-refractivity contribution in [2.45, 2.75) is 64.5 Å². The Morgan fingerprint density at radius 3 is 3.25 bits per heavy atom. The van der Waals surface area contributed by atoms with Crippen LogP contribution in [0.5, 0.6) is 0 Å². The van der Waals surface area contributed by atoms with Gasteiger partial charge in [-0.1, -0.05) is 19.8 Å². The van der Waals surface area contributed by atoms with Crippen LogP contribution in [0.1, 0.15) is 63.3 Å². The van der Waals surface area contributed by atoms with Gasteiger partial charge in [0.05, 0.1) is 6.26 Å². The van der Waals surface area contributed by atoms with Gasteiger partial charge < -0.3 is 9.73 Å². The summed E-state index contributed by atoms with van der Waals surface area (Å²) in [6.07, 6.45) is 9.33. The van der Waals surface area contributed by atoms with E-state index in [2.05, 4.69) is 25.2 Å². The summed E-state index contributed by atoms with van der Waals surface area (Å²) in [5.41, 5.74) is 1.40. The molecule has 1 N–H and O–H groups in total. The Bertz CT molecular complexity index is 318. The number of furan rings is 1. The molecule has 2 rings (SSSR count). The Hall–Kier alpha value is -0.760. The molecule has 1 aliphatic rings. The van der Waals surface area contributed by atoms with Gasteiger partial charge >= 0.3 is 0 Å². The third-order valence-corrected chi connectivity index (χ3v) is 3.53. The molecule has 0 fully saturated rings. The smallest absolute Gasteiger partial charge is 0.108 e. The quantitative estimate of drug-likeness (QED) is 0.817. The molecule has 0 saturated carbocycles. The Morgan fingerprint density at radius 1 is 1.56 bits per heavy atom. The molecule has 1 aromatic rings. The summed E-state index contributed by atoms with van der Waals surface area (Å²) in [5.74, 6) is 1.20. The van der Waals surface area contributed by atoms with Crippen LogP contribution in [0, 0.1) is 0 Å². The summed E-state index contributed by atoms with van der Waals surface area (Å²) in [6, 6.07) is 3.28. The fraction of sp³-hybridized carbons (Fsp3) is 0.714. The molecule has 1 heterocycles. The Balaban J connectivity index is 1.92. The van der Waals surface area contributed by atoms with Gasteiger partial charge in [-0.05, 0) is 32.3 Å². The van der Waals surface area contributed by atoms with Crippen LogP contribution in [-0.2, 0) is 6.42 Å². The number of nitrogens with one attached hydrogen (secondary N) is 1. The summed E-state index contributed by atoms with van der Waals surface area (Å²) in [5, 5.41) is 3.74. The average molecular weight is 221 g/mol. The second-order valence-electron chi connectivity index (χ2n) is 4.95. The number of unbranched alkanes of at least 4 members (excludes halogenated alkanes) is 1. The lowest BCUT2D eigenvalue weighted by Crippen LogP contribution is -2.32. The Morgan fingerprint density at radius 2 is 2.44 bits per heavy atom. The van der Waals surface area contributed by atoms with Crippen LogP contribution in [0.25, 0.3) is 0 Å². The molecule has 0 aromatic carbocycles. The minimum absolute atomic E-state index is 0.523. The highest BCUT2D eigenvalue weighted by molar-refractivity contribution is 5.24. The largest absolute Gasteiger partial charge is 0.469 e. The first-order valence-electron chi connectivity index (χ1n) is 6.63. The normalized spacial score (nSPS) is 21.8. The van der Waals surface area contributed by atoms with Gasteiger partial charge in [0.25, 0.3) is 0 Å². The van der Waals surface area contributed by atoms with Crippen LogP contribution >= 0.6 is 0 Å². The first kappa shape index (κ1) is 11.7. The maximum absolute atomic E-state index is 5.51. The van der Waals surface area contributed by atoms with Crippen molar-refractivity contribution in [3.8, 4) is 0 Å². The van der Waals surface area contributed by atoms with Crippen LogP contribution in [0.4, 0.5) is 0 Å². The molecule has 2 nitrogen and oxygen atoms in total. The van der Waals surface area contributed by atoms with Gasteiger partial charge in [0, 0.05) is 24.1 Å². The summed E-state index contributed by atoms with van der Waals surface area (Å²) >= 11 is 0. The SMILES string of the molecule is CCCCC(C)NC1CCCc2occc21. The zero-order chi connectivity index (χ0) is 11.4. The number of fused-ring (bicyclic) bond motifs is 1. The first-order chi connectivity index (χ1) is 7.81. The Kier molecular flexibility index (Phi) is 4.05.